The average Bonchev–Trinajstić information content (AvgIpc) is 2.90. The largest absolute Gasteiger partial charge is 0.332 e. The minimum atomic E-state index is -0.243. The summed E-state index contributed by atoms with van der Waals surface area (Å²) in [4.78, 5) is 19.0. The van der Waals surface area contributed by atoms with Gasteiger partial charge in [0.1, 0.15) is 0 Å². The van der Waals surface area contributed by atoms with Gasteiger partial charge in [0.2, 0.25) is 0 Å². The molecule has 124 valence electrons. The molecule has 1 N–H and O–H groups in total. The maximum Gasteiger partial charge on any atom is 0.332 e. The van der Waals surface area contributed by atoms with Gasteiger partial charge in [-0.05, 0) is 50.2 Å². The molecule has 1 heterocycles. The fraction of sp³-hybridized carbons (Fsp3) is 0.222. The summed E-state index contributed by atoms with van der Waals surface area (Å²) in [7, 11) is 0. The molecule has 1 aliphatic heterocycles. The Labute approximate surface area is 150 Å². The van der Waals surface area contributed by atoms with Gasteiger partial charge in [0.25, 0.3) is 0 Å². The number of para-hydroxylation sites is 1. The number of aliphatic imine (C=N–C) groups is 1. The highest BCUT2D eigenvalue weighted by Gasteiger charge is 2.33. The molecule has 4 nitrogen and oxygen atoms in total. The maximum atomic E-state index is 12.9. The van der Waals surface area contributed by atoms with Crippen LogP contribution >= 0.6 is 23.4 Å². The third-order valence-corrected chi connectivity index (χ3v) is 4.89. The van der Waals surface area contributed by atoms with E-state index in [1.165, 1.54) is 0 Å². The molecule has 0 unspecified atom stereocenters. The molecule has 0 atom stereocenters. The van der Waals surface area contributed by atoms with Crippen LogP contribution in [0.5, 0.6) is 0 Å². The van der Waals surface area contributed by atoms with E-state index in [1.54, 1.807) is 28.8 Å². The third kappa shape index (κ3) is 3.91. The van der Waals surface area contributed by atoms with Crippen LogP contribution in [-0.4, -0.2) is 22.5 Å². The van der Waals surface area contributed by atoms with E-state index < -0.39 is 0 Å². The van der Waals surface area contributed by atoms with Crippen LogP contribution in [0.25, 0.3) is 0 Å². The first-order chi connectivity index (χ1) is 11.4. The SMILES string of the molecule is CC1(C)CN=C(N(C(=O)Nc2ccccc2)c2ccc(Cl)cc2)S1. The fourth-order valence-corrected chi connectivity index (χ4v) is 3.45. The Balaban J connectivity index is 1.90. The van der Waals surface area contributed by atoms with Crippen LogP contribution in [0.3, 0.4) is 0 Å². The second-order valence-corrected chi connectivity index (χ2v) is 8.18. The van der Waals surface area contributed by atoms with Crippen LogP contribution in [0.1, 0.15) is 13.8 Å². The minimum absolute atomic E-state index is 0.0208. The van der Waals surface area contributed by atoms with Gasteiger partial charge in [0.15, 0.2) is 5.17 Å². The number of benzene rings is 2. The Bertz CT molecular complexity index is 760. The number of rotatable bonds is 2. The highest BCUT2D eigenvalue weighted by atomic mass is 35.5. The molecule has 6 heteroatoms. The van der Waals surface area contributed by atoms with Crippen molar-refractivity contribution in [3.05, 3.63) is 59.6 Å². The molecule has 2 aromatic carbocycles. The minimum Gasteiger partial charge on any atom is -0.307 e. The summed E-state index contributed by atoms with van der Waals surface area (Å²) >= 11 is 7.57. The number of nitrogens with zero attached hydrogens (tertiary/aromatic N) is 2. The number of hydrogen-bond acceptors (Lipinski definition) is 3. The van der Waals surface area contributed by atoms with Gasteiger partial charge in [0.05, 0.1) is 12.2 Å². The quantitative estimate of drug-likeness (QED) is 0.794. The number of amides is 2. The molecule has 0 aliphatic carbocycles. The summed E-state index contributed by atoms with van der Waals surface area (Å²) in [6.45, 7) is 4.91. The summed E-state index contributed by atoms with van der Waals surface area (Å²) in [5.41, 5.74) is 1.47. The molecule has 0 saturated heterocycles. The van der Waals surface area contributed by atoms with Crippen molar-refractivity contribution >= 4 is 45.9 Å². The molecule has 0 fully saturated rings. The number of carbonyl (C=O) groups excluding carboxylic acids is 1. The highest BCUT2D eigenvalue weighted by molar-refractivity contribution is 8.15. The zero-order valence-corrected chi connectivity index (χ0v) is 15.1. The summed E-state index contributed by atoms with van der Waals surface area (Å²) in [6.07, 6.45) is 0. The standard InChI is InChI=1S/C18H18ClN3OS/c1-18(2)12-20-17(24-18)22(15-10-8-13(19)9-11-15)16(23)21-14-6-4-3-5-7-14/h3-11H,12H2,1-2H3,(H,21,23). The Kier molecular flexibility index (Phi) is 4.83. The van der Waals surface area contributed by atoms with Gasteiger partial charge in [0, 0.05) is 15.5 Å². The Morgan fingerprint density at radius 3 is 2.42 bits per heavy atom. The first-order valence-corrected chi connectivity index (χ1v) is 8.79. The molecule has 0 spiro atoms. The van der Waals surface area contributed by atoms with Gasteiger partial charge in [-0.25, -0.2) is 9.69 Å². The molecule has 0 aromatic heterocycles. The lowest BCUT2D eigenvalue weighted by Crippen LogP contribution is -2.38. The number of urea groups is 1. The molecule has 1 aliphatic rings. The summed E-state index contributed by atoms with van der Waals surface area (Å²) < 4.78 is -0.0208. The number of thioether (sulfide) groups is 1. The van der Waals surface area contributed by atoms with Crippen LogP contribution in [0.4, 0.5) is 16.2 Å². The van der Waals surface area contributed by atoms with Crippen LogP contribution in [0, 0.1) is 0 Å². The van der Waals surface area contributed by atoms with E-state index in [0.717, 1.165) is 11.4 Å². The highest BCUT2D eigenvalue weighted by Crippen LogP contribution is 2.35. The third-order valence-electron chi connectivity index (χ3n) is 3.47. The number of nitrogens with one attached hydrogen (secondary N) is 1. The summed E-state index contributed by atoms with van der Waals surface area (Å²) in [5, 5.41) is 4.24. The van der Waals surface area contributed by atoms with Crippen LogP contribution < -0.4 is 10.2 Å². The molecule has 0 bridgehead atoms. The lowest BCUT2D eigenvalue weighted by Gasteiger charge is -2.24. The number of anilines is 2. The lowest BCUT2D eigenvalue weighted by atomic mass is 10.2. The van der Waals surface area contributed by atoms with Gasteiger partial charge in [-0.3, -0.25) is 4.99 Å². The monoisotopic (exact) mass is 359 g/mol. The topological polar surface area (TPSA) is 44.7 Å². The molecule has 2 aromatic rings. The van der Waals surface area contributed by atoms with Crippen molar-refractivity contribution < 1.29 is 4.79 Å². The van der Waals surface area contributed by atoms with Crippen molar-refractivity contribution in [1.29, 1.82) is 0 Å². The van der Waals surface area contributed by atoms with E-state index >= 15 is 0 Å². The molecule has 2 amide bonds. The summed E-state index contributed by atoms with van der Waals surface area (Å²) in [5.74, 6) is 0. The van der Waals surface area contributed by atoms with E-state index in [1.807, 2.05) is 42.5 Å². The zero-order valence-electron chi connectivity index (χ0n) is 13.5. The van der Waals surface area contributed by atoms with Crippen molar-refractivity contribution in [2.75, 3.05) is 16.8 Å². The number of halogens is 1. The number of carbonyl (C=O) groups is 1. The van der Waals surface area contributed by atoms with Crippen LogP contribution in [0.2, 0.25) is 5.02 Å². The first-order valence-electron chi connectivity index (χ1n) is 7.60. The van der Waals surface area contributed by atoms with Crippen molar-refractivity contribution in [2.24, 2.45) is 4.99 Å². The van der Waals surface area contributed by atoms with Gasteiger partial charge in [-0.1, -0.05) is 41.6 Å². The molecule has 24 heavy (non-hydrogen) atoms. The second-order valence-electron chi connectivity index (χ2n) is 6.07. The lowest BCUT2D eigenvalue weighted by molar-refractivity contribution is 0.259. The molecular weight excluding hydrogens is 342 g/mol. The van der Waals surface area contributed by atoms with E-state index in [0.29, 0.717) is 16.7 Å². The predicted molar refractivity (Wildman–Crippen MR) is 103 cm³/mol. The van der Waals surface area contributed by atoms with E-state index in [-0.39, 0.29) is 10.8 Å². The zero-order chi connectivity index (χ0) is 17.2. The van der Waals surface area contributed by atoms with Crippen LogP contribution in [-0.2, 0) is 0 Å². The number of amidine groups is 1. The van der Waals surface area contributed by atoms with E-state index in [2.05, 4.69) is 24.2 Å². The summed E-state index contributed by atoms with van der Waals surface area (Å²) in [6, 6.07) is 16.3. The smallest absolute Gasteiger partial charge is 0.307 e. The first kappa shape index (κ1) is 16.9. The molecule has 3 rings (SSSR count). The van der Waals surface area contributed by atoms with Gasteiger partial charge in [-0.15, -0.1) is 0 Å². The van der Waals surface area contributed by atoms with Crippen molar-refractivity contribution in [3.63, 3.8) is 0 Å². The molecular formula is C18H18ClN3OS. The van der Waals surface area contributed by atoms with Crippen molar-refractivity contribution in [3.8, 4) is 0 Å². The fourth-order valence-electron chi connectivity index (χ4n) is 2.29. The van der Waals surface area contributed by atoms with Crippen LogP contribution in [0.15, 0.2) is 59.6 Å². The number of hydrogen-bond donors (Lipinski definition) is 1. The normalized spacial score (nSPS) is 15.7. The Morgan fingerprint density at radius 1 is 1.17 bits per heavy atom. The molecule has 0 radical (unpaired) electrons. The van der Waals surface area contributed by atoms with E-state index in [9.17, 15) is 4.79 Å². The van der Waals surface area contributed by atoms with Crippen molar-refractivity contribution in [2.45, 2.75) is 18.6 Å². The maximum absolute atomic E-state index is 12.9. The average molecular weight is 360 g/mol. The van der Waals surface area contributed by atoms with Gasteiger partial charge < -0.3 is 5.32 Å². The van der Waals surface area contributed by atoms with Crippen molar-refractivity contribution in [1.82, 2.24) is 0 Å². The Morgan fingerprint density at radius 2 is 1.83 bits per heavy atom. The van der Waals surface area contributed by atoms with Gasteiger partial charge in [-0.2, -0.15) is 0 Å². The second kappa shape index (κ2) is 6.87. The van der Waals surface area contributed by atoms with E-state index in [4.69, 9.17) is 11.6 Å². The predicted octanol–water partition coefficient (Wildman–Crippen LogP) is 5.26. The Hall–Kier alpha value is -1.98. The molecule has 0 saturated carbocycles. The van der Waals surface area contributed by atoms with Gasteiger partial charge >= 0.3 is 6.03 Å².